The maximum Gasteiger partial charge on any atom is 0.319 e. The topological polar surface area (TPSA) is 55.4 Å². The van der Waals surface area contributed by atoms with Crippen molar-refractivity contribution in [1.29, 1.82) is 0 Å². The molecule has 0 amide bonds. The first-order chi connectivity index (χ1) is 6.25. The highest BCUT2D eigenvalue weighted by molar-refractivity contribution is 5.93. The van der Waals surface area contributed by atoms with Crippen molar-refractivity contribution in [3.8, 4) is 0 Å². The zero-order valence-electron chi connectivity index (χ0n) is 7.84. The van der Waals surface area contributed by atoms with Gasteiger partial charge in [-0.25, -0.2) is 0 Å². The average molecular weight is 185 g/mol. The smallest absolute Gasteiger partial charge is 0.319 e. The molecule has 0 unspecified atom stereocenters. The van der Waals surface area contributed by atoms with Crippen molar-refractivity contribution in [1.82, 2.24) is 5.32 Å². The Morgan fingerprint density at radius 3 is 2.62 bits per heavy atom. The largest absolute Gasteiger partial charge is 0.465 e. The lowest BCUT2D eigenvalue weighted by atomic mass is 9.80. The highest BCUT2D eigenvalue weighted by Gasteiger charge is 2.40. The molecule has 13 heavy (non-hydrogen) atoms. The maximum absolute atomic E-state index is 11.5. The van der Waals surface area contributed by atoms with Gasteiger partial charge in [-0.2, -0.15) is 0 Å². The number of hydrogen-bond acceptors (Lipinski definition) is 4. The molecule has 1 aliphatic heterocycles. The van der Waals surface area contributed by atoms with Crippen molar-refractivity contribution in [2.24, 2.45) is 5.41 Å². The van der Waals surface area contributed by atoms with Crippen molar-refractivity contribution in [2.45, 2.75) is 19.8 Å². The first-order valence-corrected chi connectivity index (χ1v) is 4.59. The normalized spacial score (nSPS) is 20.7. The zero-order valence-corrected chi connectivity index (χ0v) is 7.84. The maximum atomic E-state index is 11.5. The van der Waals surface area contributed by atoms with Gasteiger partial charge in [0.2, 0.25) is 0 Å². The Balaban J connectivity index is 2.66. The summed E-state index contributed by atoms with van der Waals surface area (Å²) in [5, 5.41) is 3.10. The minimum Gasteiger partial charge on any atom is -0.465 e. The Morgan fingerprint density at radius 2 is 2.15 bits per heavy atom. The lowest BCUT2D eigenvalue weighted by Gasteiger charge is -2.29. The van der Waals surface area contributed by atoms with Crippen LogP contribution in [0.3, 0.4) is 0 Å². The van der Waals surface area contributed by atoms with Gasteiger partial charge in [0.05, 0.1) is 6.61 Å². The molecule has 1 N–H and O–H groups in total. The summed E-state index contributed by atoms with van der Waals surface area (Å²) in [6.45, 7) is 3.49. The van der Waals surface area contributed by atoms with Crippen LogP contribution in [0.4, 0.5) is 0 Å². The first kappa shape index (κ1) is 10.2. The fourth-order valence-electron chi connectivity index (χ4n) is 1.52. The minimum atomic E-state index is -0.874. The second-order valence-electron chi connectivity index (χ2n) is 3.24. The zero-order chi connectivity index (χ0) is 9.73. The lowest BCUT2D eigenvalue weighted by Crippen LogP contribution is -2.44. The second-order valence-corrected chi connectivity index (χ2v) is 3.24. The van der Waals surface area contributed by atoms with Gasteiger partial charge >= 0.3 is 5.97 Å². The number of esters is 1. The number of piperidine rings is 1. The molecule has 0 aliphatic carbocycles. The molecule has 1 saturated heterocycles. The van der Waals surface area contributed by atoms with Crippen LogP contribution in [0.25, 0.3) is 0 Å². The molecule has 1 aliphatic rings. The van der Waals surface area contributed by atoms with Crippen LogP contribution in [0.15, 0.2) is 0 Å². The molecule has 1 rings (SSSR count). The molecule has 4 heteroatoms. The van der Waals surface area contributed by atoms with Gasteiger partial charge in [-0.05, 0) is 32.9 Å². The molecule has 1 heterocycles. The van der Waals surface area contributed by atoms with Crippen molar-refractivity contribution >= 4 is 12.3 Å². The molecule has 4 nitrogen and oxygen atoms in total. The van der Waals surface area contributed by atoms with Gasteiger partial charge < -0.3 is 14.8 Å². The van der Waals surface area contributed by atoms with Crippen LogP contribution in [0.1, 0.15) is 19.8 Å². The SMILES string of the molecule is CCOC(=O)C1(C=O)CCNCC1. The monoisotopic (exact) mass is 185 g/mol. The Labute approximate surface area is 77.6 Å². The number of aldehydes is 1. The summed E-state index contributed by atoms with van der Waals surface area (Å²) in [7, 11) is 0. The molecule has 0 aromatic carbocycles. The molecular weight excluding hydrogens is 170 g/mol. The van der Waals surface area contributed by atoms with E-state index in [2.05, 4.69) is 5.32 Å². The van der Waals surface area contributed by atoms with Crippen LogP contribution in [0.5, 0.6) is 0 Å². The first-order valence-electron chi connectivity index (χ1n) is 4.59. The average Bonchev–Trinajstić information content (AvgIpc) is 2.19. The van der Waals surface area contributed by atoms with E-state index in [1.165, 1.54) is 0 Å². The number of carbonyl (C=O) groups excluding carboxylic acids is 2. The molecule has 0 aromatic rings. The summed E-state index contributed by atoms with van der Waals surface area (Å²) in [6.07, 6.45) is 1.84. The summed E-state index contributed by atoms with van der Waals surface area (Å²) in [5.41, 5.74) is -0.874. The number of carbonyl (C=O) groups is 2. The van der Waals surface area contributed by atoms with Crippen LogP contribution >= 0.6 is 0 Å². The van der Waals surface area contributed by atoms with Crippen LogP contribution in [-0.2, 0) is 14.3 Å². The third-order valence-corrected chi connectivity index (χ3v) is 2.40. The third kappa shape index (κ3) is 2.06. The van der Waals surface area contributed by atoms with Crippen LogP contribution in [-0.4, -0.2) is 32.0 Å². The molecule has 74 valence electrons. The van der Waals surface area contributed by atoms with Crippen molar-refractivity contribution in [3.63, 3.8) is 0 Å². The van der Waals surface area contributed by atoms with E-state index in [0.717, 1.165) is 6.29 Å². The van der Waals surface area contributed by atoms with Gasteiger partial charge in [0, 0.05) is 0 Å². The number of rotatable bonds is 3. The molecule has 0 bridgehead atoms. The molecule has 0 aromatic heterocycles. The summed E-state index contributed by atoms with van der Waals surface area (Å²) >= 11 is 0. The highest BCUT2D eigenvalue weighted by Crippen LogP contribution is 2.27. The van der Waals surface area contributed by atoms with Crippen LogP contribution in [0, 0.1) is 5.41 Å². The van der Waals surface area contributed by atoms with Gasteiger partial charge in [0.25, 0.3) is 0 Å². The lowest BCUT2D eigenvalue weighted by molar-refractivity contribution is -0.158. The van der Waals surface area contributed by atoms with Crippen molar-refractivity contribution < 1.29 is 14.3 Å². The second kappa shape index (κ2) is 4.37. The summed E-state index contributed by atoms with van der Waals surface area (Å²) in [5.74, 6) is -0.369. The van der Waals surface area contributed by atoms with Crippen molar-refractivity contribution in [3.05, 3.63) is 0 Å². The molecule has 0 radical (unpaired) electrons. The van der Waals surface area contributed by atoms with E-state index in [1.54, 1.807) is 6.92 Å². The summed E-state index contributed by atoms with van der Waals surface area (Å²) in [6, 6.07) is 0. The van der Waals surface area contributed by atoms with E-state index in [0.29, 0.717) is 32.5 Å². The fraction of sp³-hybridized carbons (Fsp3) is 0.778. The Morgan fingerprint density at radius 1 is 1.54 bits per heavy atom. The van der Waals surface area contributed by atoms with Gasteiger partial charge in [0.15, 0.2) is 0 Å². The molecular formula is C9H15NO3. The number of hydrogen-bond donors (Lipinski definition) is 1. The quantitative estimate of drug-likeness (QED) is 0.385. The van der Waals surface area contributed by atoms with Gasteiger partial charge in [-0.15, -0.1) is 0 Å². The molecule has 0 spiro atoms. The van der Waals surface area contributed by atoms with E-state index >= 15 is 0 Å². The van der Waals surface area contributed by atoms with Crippen LogP contribution in [0.2, 0.25) is 0 Å². The Hall–Kier alpha value is -0.900. The summed E-state index contributed by atoms with van der Waals surface area (Å²) in [4.78, 5) is 22.3. The van der Waals surface area contributed by atoms with E-state index < -0.39 is 5.41 Å². The van der Waals surface area contributed by atoms with Gasteiger partial charge in [-0.1, -0.05) is 0 Å². The minimum absolute atomic E-state index is 0.335. The molecule has 0 saturated carbocycles. The predicted molar refractivity (Wildman–Crippen MR) is 47.2 cm³/mol. The Kier molecular flexibility index (Phi) is 3.42. The molecule has 1 fully saturated rings. The van der Waals surface area contributed by atoms with E-state index in [-0.39, 0.29) is 5.97 Å². The Bertz CT molecular complexity index is 197. The number of nitrogens with one attached hydrogen (secondary N) is 1. The van der Waals surface area contributed by atoms with Crippen LogP contribution < -0.4 is 5.32 Å². The van der Waals surface area contributed by atoms with Crippen molar-refractivity contribution in [2.75, 3.05) is 19.7 Å². The fourth-order valence-corrected chi connectivity index (χ4v) is 1.52. The molecule has 0 atom stereocenters. The number of ether oxygens (including phenoxy) is 1. The third-order valence-electron chi connectivity index (χ3n) is 2.40. The van der Waals surface area contributed by atoms with Gasteiger partial charge in [-0.3, -0.25) is 4.79 Å². The highest BCUT2D eigenvalue weighted by atomic mass is 16.5. The van der Waals surface area contributed by atoms with E-state index in [9.17, 15) is 9.59 Å². The van der Waals surface area contributed by atoms with Gasteiger partial charge in [0.1, 0.15) is 11.7 Å². The summed E-state index contributed by atoms with van der Waals surface area (Å²) < 4.78 is 4.88. The van der Waals surface area contributed by atoms with E-state index in [4.69, 9.17) is 4.74 Å². The predicted octanol–water partition coefficient (Wildman–Crippen LogP) is 0.118. The standard InChI is InChI=1S/C9H15NO3/c1-2-13-8(12)9(7-11)3-5-10-6-4-9/h7,10H,2-6H2,1H3. The van der Waals surface area contributed by atoms with E-state index in [1.807, 2.05) is 0 Å².